The van der Waals surface area contributed by atoms with Gasteiger partial charge < -0.3 is 14.7 Å². The Morgan fingerprint density at radius 1 is 1.38 bits per heavy atom. The number of hydrogen-bond acceptors (Lipinski definition) is 4. The van der Waals surface area contributed by atoms with Crippen molar-refractivity contribution < 1.29 is 23.4 Å². The zero-order valence-electron chi connectivity index (χ0n) is 13.2. The number of carbonyl (C=O) groups excluding carboxylic acids is 1. The fourth-order valence-corrected chi connectivity index (χ4v) is 3.00. The van der Waals surface area contributed by atoms with Gasteiger partial charge in [0.2, 0.25) is 5.88 Å². The number of methoxy groups -OCH3 is 1. The third kappa shape index (κ3) is 2.84. The van der Waals surface area contributed by atoms with Crippen molar-refractivity contribution in [3.63, 3.8) is 0 Å². The maximum Gasteiger partial charge on any atom is 0.275 e. The van der Waals surface area contributed by atoms with Crippen LogP contribution < -0.4 is 4.74 Å². The molecule has 0 spiro atoms. The van der Waals surface area contributed by atoms with Crippen molar-refractivity contribution in [3.05, 3.63) is 47.2 Å². The minimum Gasteiger partial charge on any atom is -0.481 e. The number of nitrogens with zero attached hydrogens (tertiary/aromatic N) is 3. The Morgan fingerprint density at radius 2 is 2.12 bits per heavy atom. The summed E-state index contributed by atoms with van der Waals surface area (Å²) in [6.45, 7) is 0.0261. The number of halogens is 2. The highest BCUT2D eigenvalue weighted by Gasteiger charge is 2.38. The SMILES string of the molecule is COc1cc(C(=O)N2C[C@H](O)C[C@H]2c2cc(F)ccc2F)nn1C. The van der Waals surface area contributed by atoms with Crippen LogP contribution in [0.3, 0.4) is 0 Å². The molecule has 6 nitrogen and oxygen atoms in total. The molecule has 1 aliphatic heterocycles. The molecule has 1 aromatic carbocycles. The molecule has 0 radical (unpaired) electrons. The van der Waals surface area contributed by atoms with Crippen LogP contribution in [-0.2, 0) is 7.05 Å². The minimum atomic E-state index is -0.813. The molecule has 1 N–H and O–H groups in total. The number of amides is 1. The highest BCUT2D eigenvalue weighted by Crippen LogP contribution is 2.35. The second-order valence-electron chi connectivity index (χ2n) is 5.72. The van der Waals surface area contributed by atoms with E-state index in [1.54, 1.807) is 7.05 Å². The van der Waals surface area contributed by atoms with E-state index in [2.05, 4.69) is 5.10 Å². The van der Waals surface area contributed by atoms with Crippen molar-refractivity contribution in [2.45, 2.75) is 18.6 Å². The summed E-state index contributed by atoms with van der Waals surface area (Å²) in [5.41, 5.74) is 0.160. The summed E-state index contributed by atoms with van der Waals surface area (Å²) in [6, 6.07) is 3.79. The lowest BCUT2D eigenvalue weighted by Gasteiger charge is -2.24. The number of ether oxygens (including phenoxy) is 1. The van der Waals surface area contributed by atoms with Crippen molar-refractivity contribution in [1.29, 1.82) is 0 Å². The molecule has 2 atom stereocenters. The number of benzene rings is 1. The number of likely N-dealkylation sites (tertiary alicyclic amines) is 1. The molecule has 24 heavy (non-hydrogen) atoms. The van der Waals surface area contributed by atoms with Crippen molar-refractivity contribution in [1.82, 2.24) is 14.7 Å². The Hall–Kier alpha value is -2.48. The second-order valence-corrected chi connectivity index (χ2v) is 5.72. The summed E-state index contributed by atoms with van der Waals surface area (Å²) in [7, 11) is 3.08. The molecular weight excluding hydrogens is 320 g/mol. The number of aliphatic hydroxyl groups excluding tert-OH is 1. The van der Waals surface area contributed by atoms with Crippen molar-refractivity contribution in [2.24, 2.45) is 7.05 Å². The average Bonchev–Trinajstić information content (AvgIpc) is 3.11. The van der Waals surface area contributed by atoms with E-state index in [0.29, 0.717) is 5.88 Å². The number of aryl methyl sites for hydroxylation is 1. The molecule has 1 amide bonds. The number of carbonyl (C=O) groups is 1. The van der Waals surface area contributed by atoms with E-state index < -0.39 is 29.7 Å². The molecule has 1 saturated heterocycles. The molecule has 1 aromatic heterocycles. The molecule has 3 rings (SSSR count). The molecule has 1 fully saturated rings. The Bertz CT molecular complexity index is 778. The third-order valence-electron chi connectivity index (χ3n) is 4.12. The number of aliphatic hydroxyl groups is 1. The predicted molar refractivity (Wildman–Crippen MR) is 80.5 cm³/mol. The van der Waals surface area contributed by atoms with Gasteiger partial charge in [-0.2, -0.15) is 5.10 Å². The summed E-state index contributed by atoms with van der Waals surface area (Å²) in [5, 5.41) is 14.0. The van der Waals surface area contributed by atoms with Gasteiger partial charge in [0.05, 0.1) is 19.3 Å². The minimum absolute atomic E-state index is 0.0261. The van der Waals surface area contributed by atoms with Gasteiger partial charge in [0.15, 0.2) is 5.69 Å². The van der Waals surface area contributed by atoms with Gasteiger partial charge >= 0.3 is 0 Å². The van der Waals surface area contributed by atoms with Gasteiger partial charge in [-0.05, 0) is 24.6 Å². The summed E-state index contributed by atoms with van der Waals surface area (Å²) < 4.78 is 34.0. The molecule has 2 heterocycles. The molecule has 1 aliphatic rings. The fraction of sp³-hybridized carbons (Fsp3) is 0.375. The van der Waals surface area contributed by atoms with Crippen molar-refractivity contribution >= 4 is 5.91 Å². The smallest absolute Gasteiger partial charge is 0.275 e. The van der Waals surface area contributed by atoms with Gasteiger partial charge in [-0.25, -0.2) is 13.5 Å². The highest BCUT2D eigenvalue weighted by molar-refractivity contribution is 5.93. The standard InChI is InChI=1S/C16H17F2N3O3/c1-20-15(24-2)7-13(19-20)16(23)21-8-10(22)6-14(21)11-5-9(17)3-4-12(11)18/h3-5,7,10,14,22H,6,8H2,1-2H3/t10-,14+/m1/s1. The topological polar surface area (TPSA) is 67.6 Å². The molecule has 0 aliphatic carbocycles. The number of rotatable bonds is 3. The number of aromatic nitrogens is 2. The van der Waals surface area contributed by atoms with E-state index in [0.717, 1.165) is 18.2 Å². The molecule has 0 bridgehead atoms. The van der Waals surface area contributed by atoms with Crippen LogP contribution >= 0.6 is 0 Å². The average molecular weight is 337 g/mol. The lowest BCUT2D eigenvalue weighted by atomic mass is 10.0. The molecule has 0 unspecified atom stereocenters. The van der Waals surface area contributed by atoms with Crippen LogP contribution in [0.25, 0.3) is 0 Å². The zero-order chi connectivity index (χ0) is 17.4. The maximum atomic E-state index is 14.1. The first kappa shape index (κ1) is 16.4. The Balaban J connectivity index is 1.95. The lowest BCUT2D eigenvalue weighted by Crippen LogP contribution is -2.32. The van der Waals surface area contributed by atoms with Gasteiger partial charge in [-0.15, -0.1) is 0 Å². The van der Waals surface area contributed by atoms with E-state index in [9.17, 15) is 18.7 Å². The summed E-state index contributed by atoms with van der Waals surface area (Å²) in [5.74, 6) is -1.29. The van der Waals surface area contributed by atoms with Gasteiger partial charge in [0.25, 0.3) is 5.91 Å². The monoisotopic (exact) mass is 337 g/mol. The summed E-state index contributed by atoms with van der Waals surface area (Å²) >= 11 is 0. The van der Waals surface area contributed by atoms with Crippen LogP contribution in [0, 0.1) is 11.6 Å². The van der Waals surface area contributed by atoms with Crippen molar-refractivity contribution in [3.8, 4) is 5.88 Å². The van der Waals surface area contributed by atoms with Gasteiger partial charge in [-0.3, -0.25) is 4.79 Å². The zero-order valence-corrected chi connectivity index (χ0v) is 13.2. The second kappa shape index (κ2) is 6.20. The summed E-state index contributed by atoms with van der Waals surface area (Å²) in [4.78, 5) is 14.0. The van der Waals surface area contributed by atoms with E-state index in [-0.39, 0.29) is 24.2 Å². The largest absolute Gasteiger partial charge is 0.481 e. The van der Waals surface area contributed by atoms with Crippen LogP contribution in [0.15, 0.2) is 24.3 Å². The van der Waals surface area contributed by atoms with Crippen LogP contribution in [0.4, 0.5) is 8.78 Å². The molecule has 2 aromatic rings. The van der Waals surface area contributed by atoms with Crippen molar-refractivity contribution in [2.75, 3.05) is 13.7 Å². The molecule has 0 saturated carbocycles. The number of β-amino-alcohol motifs (C(OH)–C–C–N with tert-alkyl or cyclic N) is 1. The normalized spacial score (nSPS) is 20.5. The molecular formula is C16H17F2N3O3. The quantitative estimate of drug-likeness (QED) is 0.925. The van der Waals surface area contributed by atoms with Gasteiger partial charge in [-0.1, -0.05) is 0 Å². The van der Waals surface area contributed by atoms with E-state index >= 15 is 0 Å². The van der Waals surface area contributed by atoms with E-state index in [4.69, 9.17) is 4.74 Å². The van der Waals surface area contributed by atoms with Gasteiger partial charge in [0, 0.05) is 25.2 Å². The summed E-state index contributed by atoms with van der Waals surface area (Å²) in [6.07, 6.45) is -0.678. The lowest BCUT2D eigenvalue weighted by molar-refractivity contribution is 0.0707. The highest BCUT2D eigenvalue weighted by atomic mass is 19.1. The van der Waals surface area contributed by atoms with Crippen LogP contribution in [0.5, 0.6) is 5.88 Å². The van der Waals surface area contributed by atoms with Crippen LogP contribution in [0.2, 0.25) is 0 Å². The van der Waals surface area contributed by atoms with Crippen LogP contribution in [-0.4, -0.2) is 45.5 Å². The van der Waals surface area contributed by atoms with Gasteiger partial charge in [0.1, 0.15) is 11.6 Å². The van der Waals surface area contributed by atoms with E-state index in [1.807, 2.05) is 0 Å². The first-order chi connectivity index (χ1) is 11.4. The third-order valence-corrected chi connectivity index (χ3v) is 4.12. The molecule has 128 valence electrons. The predicted octanol–water partition coefficient (Wildman–Crippen LogP) is 1.66. The Labute approximate surface area is 137 Å². The fourth-order valence-electron chi connectivity index (χ4n) is 3.00. The first-order valence-corrected chi connectivity index (χ1v) is 7.42. The molecule has 8 heteroatoms. The van der Waals surface area contributed by atoms with E-state index in [1.165, 1.54) is 22.8 Å². The van der Waals surface area contributed by atoms with Crippen LogP contribution in [0.1, 0.15) is 28.5 Å². The Morgan fingerprint density at radius 3 is 2.79 bits per heavy atom. The first-order valence-electron chi connectivity index (χ1n) is 7.42. The maximum absolute atomic E-state index is 14.1. The Kier molecular flexibility index (Phi) is 4.23. The number of hydrogen-bond donors (Lipinski definition) is 1.